The Morgan fingerprint density at radius 2 is 2.00 bits per heavy atom. The van der Waals surface area contributed by atoms with E-state index in [0.29, 0.717) is 11.0 Å². The molecular weight excluding hydrogens is 266 g/mol. The fourth-order valence-electron chi connectivity index (χ4n) is 2.96. The van der Waals surface area contributed by atoms with Gasteiger partial charge >= 0.3 is 0 Å². The van der Waals surface area contributed by atoms with Crippen molar-refractivity contribution in [1.29, 1.82) is 5.26 Å². The highest BCUT2D eigenvalue weighted by atomic mass is 32.2. The summed E-state index contributed by atoms with van der Waals surface area (Å²) in [5.74, 6) is 1.21. The molecule has 0 radical (unpaired) electrons. The number of nitriles is 1. The van der Waals surface area contributed by atoms with Gasteiger partial charge in [0.25, 0.3) is 0 Å². The van der Waals surface area contributed by atoms with E-state index in [0.717, 1.165) is 18.3 Å². The molecule has 0 atom stereocenters. The van der Waals surface area contributed by atoms with Crippen molar-refractivity contribution < 1.29 is 0 Å². The van der Waals surface area contributed by atoms with Gasteiger partial charge in [-0.3, -0.25) is 4.99 Å². The summed E-state index contributed by atoms with van der Waals surface area (Å²) in [5, 5.41) is 13.3. The molecule has 0 unspecified atom stereocenters. The van der Waals surface area contributed by atoms with Gasteiger partial charge in [0.2, 0.25) is 0 Å². The van der Waals surface area contributed by atoms with E-state index in [1.54, 1.807) is 0 Å². The highest BCUT2D eigenvalue weighted by Gasteiger charge is 2.36. The second kappa shape index (κ2) is 5.88. The van der Waals surface area contributed by atoms with Gasteiger partial charge in [-0.25, -0.2) is 0 Å². The molecule has 3 nitrogen and oxygen atoms in total. The van der Waals surface area contributed by atoms with E-state index < -0.39 is 0 Å². The van der Waals surface area contributed by atoms with Gasteiger partial charge in [-0.15, -0.1) is 0 Å². The topological polar surface area (TPSA) is 48.2 Å². The van der Waals surface area contributed by atoms with Crippen LogP contribution in [0.1, 0.15) is 36.8 Å². The molecule has 4 heteroatoms. The summed E-state index contributed by atoms with van der Waals surface area (Å²) in [6, 6.07) is 9.86. The molecule has 1 spiro atoms. The highest BCUT2D eigenvalue weighted by Crippen LogP contribution is 2.43. The van der Waals surface area contributed by atoms with Crippen molar-refractivity contribution >= 4 is 16.9 Å². The first-order valence-corrected chi connectivity index (χ1v) is 8.18. The summed E-state index contributed by atoms with van der Waals surface area (Å²) in [5.41, 5.74) is 2.40. The fraction of sp³-hybridized carbons (Fsp3) is 0.500. The highest BCUT2D eigenvalue weighted by molar-refractivity contribution is 8.13. The maximum atomic E-state index is 8.78. The molecule has 0 saturated heterocycles. The average molecular weight is 285 g/mol. The van der Waals surface area contributed by atoms with Gasteiger partial charge in [-0.2, -0.15) is 5.26 Å². The number of nitrogens with zero attached hydrogens (tertiary/aromatic N) is 2. The minimum atomic E-state index is 0.504. The lowest BCUT2D eigenvalue weighted by atomic mass is 9.89. The van der Waals surface area contributed by atoms with E-state index in [1.807, 2.05) is 36.0 Å². The molecule has 1 heterocycles. The number of hydrogen-bond donors (Lipinski definition) is 1. The number of benzene rings is 1. The van der Waals surface area contributed by atoms with Crippen LogP contribution in [-0.4, -0.2) is 17.5 Å². The first-order chi connectivity index (χ1) is 9.80. The van der Waals surface area contributed by atoms with Crippen molar-refractivity contribution in [2.45, 2.75) is 32.2 Å². The summed E-state index contributed by atoms with van der Waals surface area (Å²) in [6.07, 6.45) is 5.47. The molecule has 1 aromatic carbocycles. The Labute approximate surface area is 124 Å². The standard InChI is InChI=1S/C16H19N3S/c17-9-13-3-5-14(6-4-13)10-18-15-19-11-16(12-20-15)7-1-2-8-16/h3-6H,1-2,7-8,10-12H2,(H,18,19). The SMILES string of the molecule is N#Cc1ccc(CNC2=NCC3(CCCC3)CS2)cc1. The number of hydrogen-bond acceptors (Lipinski definition) is 4. The molecular formula is C16H19N3S. The second-order valence-corrected chi connectivity index (χ2v) is 6.74. The third kappa shape index (κ3) is 2.99. The number of amidine groups is 1. The predicted molar refractivity (Wildman–Crippen MR) is 83.7 cm³/mol. The van der Waals surface area contributed by atoms with Gasteiger partial charge < -0.3 is 5.32 Å². The molecule has 1 saturated carbocycles. The Hall–Kier alpha value is -1.47. The van der Waals surface area contributed by atoms with E-state index in [1.165, 1.54) is 37.0 Å². The van der Waals surface area contributed by atoms with Crippen molar-refractivity contribution in [2.24, 2.45) is 10.4 Å². The zero-order valence-corrected chi connectivity index (χ0v) is 12.4. The van der Waals surface area contributed by atoms with Crippen LogP contribution in [0.5, 0.6) is 0 Å². The van der Waals surface area contributed by atoms with E-state index in [9.17, 15) is 0 Å². The van der Waals surface area contributed by atoms with Crippen LogP contribution < -0.4 is 5.32 Å². The Balaban J connectivity index is 1.54. The van der Waals surface area contributed by atoms with E-state index in [2.05, 4.69) is 11.4 Å². The van der Waals surface area contributed by atoms with Crippen LogP contribution in [0.25, 0.3) is 0 Å². The molecule has 3 rings (SSSR count). The van der Waals surface area contributed by atoms with Gasteiger partial charge in [0.05, 0.1) is 11.6 Å². The Morgan fingerprint density at radius 1 is 1.25 bits per heavy atom. The molecule has 0 bridgehead atoms. The molecule has 1 aliphatic carbocycles. The second-order valence-electron chi connectivity index (χ2n) is 5.78. The van der Waals surface area contributed by atoms with Crippen molar-refractivity contribution in [3.63, 3.8) is 0 Å². The van der Waals surface area contributed by atoms with Gasteiger partial charge in [-0.1, -0.05) is 36.7 Å². The average Bonchev–Trinajstić information content (AvgIpc) is 2.96. The molecule has 20 heavy (non-hydrogen) atoms. The lowest BCUT2D eigenvalue weighted by Gasteiger charge is -2.31. The minimum Gasteiger partial charge on any atom is -0.361 e. The maximum Gasteiger partial charge on any atom is 0.156 e. The predicted octanol–water partition coefficient (Wildman–Crippen LogP) is 3.31. The third-order valence-electron chi connectivity index (χ3n) is 4.26. The Morgan fingerprint density at radius 3 is 2.60 bits per heavy atom. The van der Waals surface area contributed by atoms with Gasteiger partial charge in [0.1, 0.15) is 0 Å². The van der Waals surface area contributed by atoms with Gasteiger partial charge in [-0.05, 0) is 36.0 Å². The quantitative estimate of drug-likeness (QED) is 0.907. The van der Waals surface area contributed by atoms with Gasteiger partial charge in [0.15, 0.2) is 5.17 Å². The molecule has 1 aromatic rings. The molecule has 0 amide bonds. The van der Waals surface area contributed by atoms with Crippen LogP contribution in [-0.2, 0) is 6.54 Å². The van der Waals surface area contributed by atoms with Crippen molar-refractivity contribution in [3.05, 3.63) is 35.4 Å². The summed E-state index contributed by atoms with van der Waals surface area (Å²) in [7, 11) is 0. The van der Waals surface area contributed by atoms with Crippen molar-refractivity contribution in [3.8, 4) is 6.07 Å². The van der Waals surface area contributed by atoms with Crippen LogP contribution in [0.15, 0.2) is 29.3 Å². The van der Waals surface area contributed by atoms with Gasteiger partial charge in [0, 0.05) is 18.8 Å². The Bertz CT molecular complexity index is 536. The lowest BCUT2D eigenvalue weighted by Crippen LogP contribution is -2.33. The molecule has 0 aromatic heterocycles. The molecule has 1 fully saturated rings. The minimum absolute atomic E-state index is 0.504. The van der Waals surface area contributed by atoms with Crippen molar-refractivity contribution in [2.75, 3.05) is 12.3 Å². The number of nitrogens with one attached hydrogen (secondary N) is 1. The van der Waals surface area contributed by atoms with Crippen LogP contribution in [0, 0.1) is 16.7 Å². The largest absolute Gasteiger partial charge is 0.361 e. The zero-order chi connectivity index (χ0) is 13.8. The molecule has 104 valence electrons. The first-order valence-electron chi connectivity index (χ1n) is 7.20. The third-order valence-corrected chi connectivity index (χ3v) is 5.57. The monoisotopic (exact) mass is 285 g/mol. The molecule has 1 aliphatic heterocycles. The van der Waals surface area contributed by atoms with Crippen LogP contribution in [0.2, 0.25) is 0 Å². The summed E-state index contributed by atoms with van der Waals surface area (Å²) in [4.78, 5) is 4.73. The number of aliphatic imine (C=N–C) groups is 1. The van der Waals surface area contributed by atoms with Crippen LogP contribution >= 0.6 is 11.8 Å². The van der Waals surface area contributed by atoms with E-state index in [-0.39, 0.29) is 0 Å². The van der Waals surface area contributed by atoms with Crippen molar-refractivity contribution in [1.82, 2.24) is 5.32 Å². The zero-order valence-electron chi connectivity index (χ0n) is 11.6. The maximum absolute atomic E-state index is 8.78. The fourth-order valence-corrected chi connectivity index (χ4v) is 4.11. The lowest BCUT2D eigenvalue weighted by molar-refractivity contribution is 0.358. The number of rotatable bonds is 2. The smallest absolute Gasteiger partial charge is 0.156 e. The Kier molecular flexibility index (Phi) is 3.98. The summed E-state index contributed by atoms with van der Waals surface area (Å²) in [6.45, 7) is 1.78. The van der Waals surface area contributed by atoms with Crippen LogP contribution in [0.3, 0.4) is 0 Å². The summed E-state index contributed by atoms with van der Waals surface area (Å²) < 4.78 is 0. The normalized spacial score (nSPS) is 20.4. The molecule has 2 aliphatic rings. The first kappa shape index (κ1) is 13.5. The molecule has 1 N–H and O–H groups in total. The summed E-state index contributed by atoms with van der Waals surface area (Å²) >= 11 is 1.87. The number of thioether (sulfide) groups is 1. The van der Waals surface area contributed by atoms with E-state index >= 15 is 0 Å². The van der Waals surface area contributed by atoms with E-state index in [4.69, 9.17) is 10.3 Å². The van der Waals surface area contributed by atoms with Crippen LogP contribution in [0.4, 0.5) is 0 Å².